The van der Waals surface area contributed by atoms with Gasteiger partial charge in [-0.25, -0.2) is 0 Å². The van der Waals surface area contributed by atoms with Crippen LogP contribution in [0.5, 0.6) is 11.5 Å². The molecule has 0 unspecified atom stereocenters. The third-order valence-electron chi connectivity index (χ3n) is 7.92. The number of rotatable bonds is 9. The number of ketones is 1. The first-order valence-corrected chi connectivity index (χ1v) is 14.4. The molecule has 0 spiro atoms. The number of carbonyl (C=O) groups excluding carboxylic acids is 2. The Morgan fingerprint density at radius 3 is 2.37 bits per heavy atom. The van der Waals surface area contributed by atoms with Crippen molar-refractivity contribution in [3.63, 3.8) is 0 Å². The highest BCUT2D eigenvalue weighted by Crippen LogP contribution is 2.35. The number of nitrogens with two attached hydrogens (primary N) is 1. The van der Waals surface area contributed by atoms with Crippen molar-refractivity contribution in [3.8, 4) is 11.5 Å². The van der Waals surface area contributed by atoms with E-state index < -0.39 is 5.91 Å². The molecule has 2 aliphatic rings. The second-order valence-corrected chi connectivity index (χ2v) is 12.2. The van der Waals surface area contributed by atoms with E-state index in [0.29, 0.717) is 22.6 Å². The predicted octanol–water partition coefficient (Wildman–Crippen LogP) is 5.71. The van der Waals surface area contributed by atoms with Crippen molar-refractivity contribution in [1.29, 1.82) is 0 Å². The van der Waals surface area contributed by atoms with E-state index in [2.05, 4.69) is 36.0 Å². The minimum atomic E-state index is -0.404. The molecule has 1 aliphatic carbocycles. The number of aromatic nitrogens is 1. The van der Waals surface area contributed by atoms with Gasteiger partial charge in [0.25, 0.3) is 5.91 Å². The van der Waals surface area contributed by atoms with Gasteiger partial charge in [-0.3, -0.25) is 14.6 Å². The lowest BCUT2D eigenvalue weighted by Gasteiger charge is -2.33. The maximum Gasteiger partial charge on any atom is 0.255 e. The van der Waals surface area contributed by atoms with Gasteiger partial charge in [-0.2, -0.15) is 0 Å². The Bertz CT molecular complexity index is 1400. The van der Waals surface area contributed by atoms with Gasteiger partial charge in [-0.15, -0.1) is 0 Å². The average molecular weight is 557 g/mol. The molecule has 0 radical (unpaired) electrons. The van der Waals surface area contributed by atoms with Gasteiger partial charge in [0.1, 0.15) is 23.3 Å². The lowest BCUT2D eigenvalue weighted by atomic mass is 9.86. The van der Waals surface area contributed by atoms with E-state index in [4.69, 9.17) is 15.2 Å². The van der Waals surface area contributed by atoms with Crippen LogP contribution < -0.4 is 20.5 Å². The molecular formula is C33H40N4O4. The van der Waals surface area contributed by atoms with Gasteiger partial charge in [0.2, 0.25) is 5.78 Å². The first-order valence-electron chi connectivity index (χ1n) is 14.4. The molecule has 2 fully saturated rings. The number of anilines is 2. The number of nitrogens with zero attached hydrogens (tertiary/aromatic N) is 2. The summed E-state index contributed by atoms with van der Waals surface area (Å²) in [5.41, 5.74) is 8.52. The summed E-state index contributed by atoms with van der Waals surface area (Å²) in [4.78, 5) is 34.0. The number of amides is 1. The molecule has 8 heteroatoms. The first kappa shape index (κ1) is 28.6. The first-order chi connectivity index (χ1) is 19.6. The molecule has 0 atom stereocenters. The smallest absolute Gasteiger partial charge is 0.255 e. The number of nitrogen functional groups attached to an aromatic ring is 1. The molecule has 1 aromatic heterocycles. The van der Waals surface area contributed by atoms with E-state index in [1.165, 1.54) is 25.6 Å². The van der Waals surface area contributed by atoms with Crippen LogP contribution in [0.15, 0.2) is 54.7 Å². The predicted molar refractivity (Wildman–Crippen MR) is 161 cm³/mol. The van der Waals surface area contributed by atoms with Gasteiger partial charge in [0.15, 0.2) is 0 Å². The van der Waals surface area contributed by atoms with Crippen LogP contribution in [0, 0.1) is 5.92 Å². The van der Waals surface area contributed by atoms with Crippen molar-refractivity contribution in [3.05, 3.63) is 77.1 Å². The zero-order valence-electron chi connectivity index (χ0n) is 24.4. The molecule has 3 N–H and O–H groups in total. The second-order valence-electron chi connectivity index (χ2n) is 12.2. The van der Waals surface area contributed by atoms with Crippen molar-refractivity contribution in [2.45, 2.75) is 58.0 Å². The number of piperidine rings is 1. The van der Waals surface area contributed by atoms with E-state index in [0.717, 1.165) is 37.4 Å². The highest BCUT2D eigenvalue weighted by atomic mass is 16.5. The summed E-state index contributed by atoms with van der Waals surface area (Å²) in [7, 11) is 1.56. The van der Waals surface area contributed by atoms with Gasteiger partial charge < -0.3 is 25.4 Å². The molecule has 0 bridgehead atoms. The molecule has 2 aromatic carbocycles. The minimum Gasteiger partial charge on any atom is -0.497 e. The zero-order chi connectivity index (χ0) is 29.1. The molecule has 5 rings (SSSR count). The SMILES string of the molecule is COc1ccc(C(=O)Nc2c(N)ccnc2C(=O)c2ccc(C(C)(C)C)cc2OC2CCN(CC3CC3)CC2)cc1. The van der Waals surface area contributed by atoms with Crippen molar-refractivity contribution in [2.24, 2.45) is 5.92 Å². The molecule has 41 heavy (non-hydrogen) atoms. The topological polar surface area (TPSA) is 107 Å². The number of methoxy groups -OCH3 is 1. The molecule has 1 amide bonds. The normalized spacial score (nSPS) is 16.3. The summed E-state index contributed by atoms with van der Waals surface area (Å²) in [5.74, 6) is 1.28. The van der Waals surface area contributed by atoms with Gasteiger partial charge in [-0.1, -0.05) is 26.8 Å². The molecule has 1 aliphatic heterocycles. The summed E-state index contributed by atoms with van der Waals surface area (Å²) in [6.45, 7) is 9.59. The Balaban J connectivity index is 1.41. The second kappa shape index (κ2) is 11.9. The van der Waals surface area contributed by atoms with E-state index in [-0.39, 0.29) is 34.4 Å². The van der Waals surface area contributed by atoms with Crippen LogP contribution in [-0.4, -0.2) is 54.4 Å². The maximum atomic E-state index is 14.1. The monoisotopic (exact) mass is 556 g/mol. The standard InChI is InChI=1S/C33H40N4O4/c1-33(2,3)23-9-12-26(28(19-23)41-25-14-17-37(18-15-25)20-21-5-6-21)31(38)30-29(27(34)13-16-35-30)36-32(39)22-7-10-24(40-4)11-8-22/h7-13,16,19,21,25H,5-6,14-15,17-18,20H2,1-4H3,(H2,34,35)(H,36,39). The number of benzene rings is 2. The van der Waals surface area contributed by atoms with Crippen LogP contribution in [0.25, 0.3) is 0 Å². The largest absolute Gasteiger partial charge is 0.497 e. The van der Waals surface area contributed by atoms with Crippen LogP contribution in [0.3, 0.4) is 0 Å². The fraction of sp³-hybridized carbons (Fsp3) is 0.424. The fourth-order valence-corrected chi connectivity index (χ4v) is 5.16. The summed E-state index contributed by atoms with van der Waals surface area (Å²) in [6, 6.07) is 14.0. The van der Waals surface area contributed by atoms with Crippen molar-refractivity contribution in [1.82, 2.24) is 9.88 Å². The van der Waals surface area contributed by atoms with E-state index in [9.17, 15) is 9.59 Å². The number of carbonyl (C=O) groups is 2. The molecule has 2 heterocycles. The van der Waals surface area contributed by atoms with Crippen LogP contribution in [0.4, 0.5) is 11.4 Å². The minimum absolute atomic E-state index is 0.0234. The molecular weight excluding hydrogens is 516 g/mol. The third kappa shape index (κ3) is 6.88. The quantitative estimate of drug-likeness (QED) is 0.325. The fourth-order valence-electron chi connectivity index (χ4n) is 5.16. The van der Waals surface area contributed by atoms with Gasteiger partial charge in [0.05, 0.1) is 24.0 Å². The van der Waals surface area contributed by atoms with Gasteiger partial charge >= 0.3 is 0 Å². The molecule has 8 nitrogen and oxygen atoms in total. The summed E-state index contributed by atoms with van der Waals surface area (Å²) >= 11 is 0. The Morgan fingerprint density at radius 2 is 1.73 bits per heavy atom. The lowest BCUT2D eigenvalue weighted by molar-refractivity contribution is 0.0934. The van der Waals surface area contributed by atoms with Crippen LogP contribution >= 0.6 is 0 Å². The summed E-state index contributed by atoms with van der Waals surface area (Å²) < 4.78 is 11.8. The summed E-state index contributed by atoms with van der Waals surface area (Å²) in [5, 5.41) is 2.81. The van der Waals surface area contributed by atoms with E-state index in [1.54, 1.807) is 43.5 Å². The van der Waals surface area contributed by atoms with Gasteiger partial charge in [0, 0.05) is 31.4 Å². The number of pyridine rings is 1. The van der Waals surface area contributed by atoms with Crippen LogP contribution in [-0.2, 0) is 5.41 Å². The molecule has 3 aromatic rings. The van der Waals surface area contributed by atoms with E-state index >= 15 is 0 Å². The molecule has 1 saturated heterocycles. The molecule has 216 valence electrons. The Kier molecular flexibility index (Phi) is 8.31. The Hall–Kier alpha value is -3.91. The van der Waals surface area contributed by atoms with Crippen LogP contribution in [0.1, 0.15) is 78.4 Å². The Labute approximate surface area is 242 Å². The lowest BCUT2D eigenvalue weighted by Crippen LogP contribution is -2.39. The number of ether oxygens (including phenoxy) is 2. The number of likely N-dealkylation sites (tertiary alicyclic amines) is 1. The maximum absolute atomic E-state index is 14.1. The number of hydrogen-bond donors (Lipinski definition) is 2. The highest BCUT2D eigenvalue weighted by molar-refractivity contribution is 6.17. The number of hydrogen-bond acceptors (Lipinski definition) is 7. The van der Waals surface area contributed by atoms with Crippen molar-refractivity contribution in [2.75, 3.05) is 37.8 Å². The third-order valence-corrected chi connectivity index (χ3v) is 7.92. The zero-order valence-corrected chi connectivity index (χ0v) is 24.4. The molecule has 1 saturated carbocycles. The highest BCUT2D eigenvalue weighted by Gasteiger charge is 2.30. The number of nitrogens with one attached hydrogen (secondary N) is 1. The average Bonchev–Trinajstić information content (AvgIpc) is 3.78. The van der Waals surface area contributed by atoms with Crippen LogP contribution in [0.2, 0.25) is 0 Å². The summed E-state index contributed by atoms with van der Waals surface area (Å²) in [6.07, 6.45) is 6.03. The van der Waals surface area contributed by atoms with Crippen molar-refractivity contribution >= 4 is 23.1 Å². The van der Waals surface area contributed by atoms with Gasteiger partial charge in [-0.05, 0) is 85.0 Å². The van der Waals surface area contributed by atoms with Crippen molar-refractivity contribution < 1.29 is 19.1 Å². The van der Waals surface area contributed by atoms with E-state index in [1.807, 2.05) is 12.1 Å². The Morgan fingerprint density at radius 1 is 1.02 bits per heavy atom.